The molecule has 0 saturated carbocycles. The van der Waals surface area contributed by atoms with Gasteiger partial charge in [-0.3, -0.25) is 4.79 Å². The Balaban J connectivity index is 1.80. The SMILES string of the molecule is O=C(c1ccc2c(c1)CCC=C2)N1CC[C@@](F)(C(=O)O)C1. The summed E-state index contributed by atoms with van der Waals surface area (Å²) in [4.78, 5) is 24.6. The molecule has 1 aliphatic carbocycles. The number of fused-ring (bicyclic) bond motifs is 1. The number of likely N-dealkylation sites (tertiary alicyclic amines) is 1. The molecule has 1 heterocycles. The maximum absolute atomic E-state index is 14.0. The van der Waals surface area contributed by atoms with Gasteiger partial charge in [-0.1, -0.05) is 18.2 Å². The third-order valence-electron chi connectivity index (χ3n) is 4.16. The van der Waals surface area contributed by atoms with Crippen molar-refractivity contribution in [2.24, 2.45) is 0 Å². The number of hydrogen-bond acceptors (Lipinski definition) is 2. The number of rotatable bonds is 2. The van der Waals surface area contributed by atoms with Crippen LogP contribution in [-0.4, -0.2) is 40.6 Å². The predicted molar refractivity (Wildman–Crippen MR) is 75.8 cm³/mol. The summed E-state index contributed by atoms with van der Waals surface area (Å²) in [6, 6.07) is 5.43. The number of amides is 1. The zero-order valence-corrected chi connectivity index (χ0v) is 11.5. The van der Waals surface area contributed by atoms with E-state index in [1.807, 2.05) is 18.2 Å². The van der Waals surface area contributed by atoms with Gasteiger partial charge in [0.2, 0.25) is 5.67 Å². The van der Waals surface area contributed by atoms with Gasteiger partial charge in [0.25, 0.3) is 5.91 Å². The van der Waals surface area contributed by atoms with Crippen molar-refractivity contribution in [1.82, 2.24) is 4.90 Å². The molecule has 0 bridgehead atoms. The van der Waals surface area contributed by atoms with Gasteiger partial charge >= 0.3 is 5.97 Å². The van der Waals surface area contributed by atoms with Crippen LogP contribution in [0.2, 0.25) is 0 Å². The van der Waals surface area contributed by atoms with Gasteiger partial charge < -0.3 is 10.0 Å². The van der Waals surface area contributed by atoms with Crippen molar-refractivity contribution in [1.29, 1.82) is 0 Å². The lowest BCUT2D eigenvalue weighted by Crippen LogP contribution is -2.38. The summed E-state index contributed by atoms with van der Waals surface area (Å²) in [5, 5.41) is 8.88. The average molecular weight is 289 g/mol. The molecule has 21 heavy (non-hydrogen) atoms. The van der Waals surface area contributed by atoms with E-state index in [2.05, 4.69) is 6.08 Å². The standard InChI is InChI=1S/C16H16FNO3/c17-16(15(20)21)7-8-18(10-16)14(19)13-6-5-11-3-1-2-4-12(11)9-13/h1,3,5-6,9H,2,4,7-8,10H2,(H,20,21)/t16-/m0/s1. The molecule has 5 heteroatoms. The van der Waals surface area contributed by atoms with E-state index in [1.54, 1.807) is 6.07 Å². The van der Waals surface area contributed by atoms with Crippen LogP contribution in [-0.2, 0) is 11.2 Å². The van der Waals surface area contributed by atoms with Crippen LogP contribution in [0.15, 0.2) is 24.3 Å². The number of allylic oxidation sites excluding steroid dienone is 1. The maximum Gasteiger partial charge on any atom is 0.343 e. The summed E-state index contributed by atoms with van der Waals surface area (Å²) in [7, 11) is 0. The molecule has 1 aromatic rings. The van der Waals surface area contributed by atoms with Crippen molar-refractivity contribution < 1.29 is 19.1 Å². The Hall–Kier alpha value is -2.17. The van der Waals surface area contributed by atoms with Crippen LogP contribution >= 0.6 is 0 Å². The van der Waals surface area contributed by atoms with Crippen molar-refractivity contribution in [2.75, 3.05) is 13.1 Å². The number of carboxylic acid groups (broad SMARTS) is 1. The Bertz CT molecular complexity index is 640. The lowest BCUT2D eigenvalue weighted by Gasteiger charge is -2.19. The minimum atomic E-state index is -2.31. The van der Waals surface area contributed by atoms with E-state index in [-0.39, 0.29) is 25.4 Å². The molecule has 4 nitrogen and oxygen atoms in total. The minimum absolute atomic E-state index is 0.138. The lowest BCUT2D eigenvalue weighted by atomic mass is 9.95. The third-order valence-corrected chi connectivity index (χ3v) is 4.16. The number of carbonyl (C=O) groups excluding carboxylic acids is 1. The molecule has 0 spiro atoms. The second-order valence-corrected chi connectivity index (χ2v) is 5.60. The topological polar surface area (TPSA) is 57.6 Å². The molecule has 1 atom stereocenters. The molecule has 1 saturated heterocycles. The zero-order chi connectivity index (χ0) is 15.0. The fraction of sp³-hybridized carbons (Fsp3) is 0.375. The molecular formula is C16H16FNO3. The second-order valence-electron chi connectivity index (χ2n) is 5.60. The van der Waals surface area contributed by atoms with Crippen LogP contribution in [0.1, 0.15) is 34.3 Å². The van der Waals surface area contributed by atoms with Crippen LogP contribution in [0.5, 0.6) is 0 Å². The number of aryl methyl sites for hydroxylation is 1. The molecule has 0 aromatic heterocycles. The highest BCUT2D eigenvalue weighted by Gasteiger charge is 2.47. The van der Waals surface area contributed by atoms with Gasteiger partial charge in [0.05, 0.1) is 6.54 Å². The Kier molecular flexibility index (Phi) is 3.27. The molecule has 0 radical (unpaired) electrons. The van der Waals surface area contributed by atoms with Gasteiger partial charge in [-0.05, 0) is 36.1 Å². The van der Waals surface area contributed by atoms with Crippen LogP contribution in [0.4, 0.5) is 4.39 Å². The Morgan fingerprint density at radius 3 is 2.86 bits per heavy atom. The monoisotopic (exact) mass is 289 g/mol. The molecule has 110 valence electrons. The summed E-state index contributed by atoms with van der Waals surface area (Å²) in [5.74, 6) is -1.79. The molecule has 1 aromatic carbocycles. The molecule has 0 unspecified atom stereocenters. The van der Waals surface area contributed by atoms with E-state index in [4.69, 9.17) is 5.11 Å². The number of aliphatic carboxylic acids is 1. The van der Waals surface area contributed by atoms with Gasteiger partial charge in [-0.2, -0.15) is 0 Å². The Labute approximate surface area is 121 Å². The van der Waals surface area contributed by atoms with E-state index in [1.165, 1.54) is 4.90 Å². The molecule has 1 fully saturated rings. The largest absolute Gasteiger partial charge is 0.479 e. The van der Waals surface area contributed by atoms with Crippen LogP contribution in [0.25, 0.3) is 6.08 Å². The third kappa shape index (κ3) is 2.44. The van der Waals surface area contributed by atoms with E-state index in [0.29, 0.717) is 5.56 Å². The van der Waals surface area contributed by atoms with Gasteiger partial charge in [0.1, 0.15) is 0 Å². The first kappa shape index (κ1) is 13.8. The minimum Gasteiger partial charge on any atom is -0.479 e. The van der Waals surface area contributed by atoms with Crippen LogP contribution in [0, 0.1) is 0 Å². The summed E-state index contributed by atoms with van der Waals surface area (Å²) < 4.78 is 14.0. The zero-order valence-electron chi connectivity index (χ0n) is 11.5. The van der Waals surface area contributed by atoms with Crippen molar-refractivity contribution in [3.63, 3.8) is 0 Å². The lowest BCUT2D eigenvalue weighted by molar-refractivity contribution is -0.149. The maximum atomic E-state index is 14.0. The van der Waals surface area contributed by atoms with Crippen LogP contribution in [0.3, 0.4) is 0 Å². The fourth-order valence-corrected chi connectivity index (χ4v) is 2.87. The van der Waals surface area contributed by atoms with E-state index in [0.717, 1.165) is 24.0 Å². The smallest absolute Gasteiger partial charge is 0.343 e. The van der Waals surface area contributed by atoms with Gasteiger partial charge in [0.15, 0.2) is 0 Å². The highest BCUT2D eigenvalue weighted by Crippen LogP contribution is 2.28. The normalized spacial score (nSPS) is 24.0. The van der Waals surface area contributed by atoms with Crippen LogP contribution < -0.4 is 0 Å². The number of nitrogens with zero attached hydrogens (tertiary/aromatic N) is 1. The second kappa shape index (κ2) is 4.98. The molecule has 2 aliphatic rings. The summed E-state index contributed by atoms with van der Waals surface area (Å²) in [6.07, 6.45) is 5.80. The first-order valence-electron chi connectivity index (χ1n) is 7.01. The molecular weight excluding hydrogens is 273 g/mol. The molecule has 1 aliphatic heterocycles. The highest BCUT2D eigenvalue weighted by atomic mass is 19.1. The predicted octanol–water partition coefficient (Wildman–Crippen LogP) is 2.28. The number of halogens is 1. The highest BCUT2D eigenvalue weighted by molar-refractivity contribution is 5.95. The number of carbonyl (C=O) groups is 2. The molecule has 1 N–H and O–H groups in total. The number of carboxylic acids is 1. The Morgan fingerprint density at radius 1 is 1.33 bits per heavy atom. The van der Waals surface area contributed by atoms with Gasteiger partial charge in [-0.15, -0.1) is 0 Å². The van der Waals surface area contributed by atoms with Crippen molar-refractivity contribution >= 4 is 18.0 Å². The quantitative estimate of drug-likeness (QED) is 0.908. The fourth-order valence-electron chi connectivity index (χ4n) is 2.87. The van der Waals surface area contributed by atoms with Crippen molar-refractivity contribution in [3.05, 3.63) is 41.0 Å². The van der Waals surface area contributed by atoms with E-state index < -0.39 is 11.6 Å². The van der Waals surface area contributed by atoms with E-state index >= 15 is 0 Å². The van der Waals surface area contributed by atoms with Gasteiger partial charge in [-0.25, -0.2) is 9.18 Å². The summed E-state index contributed by atoms with van der Waals surface area (Å²) in [6.45, 7) is -0.239. The van der Waals surface area contributed by atoms with Crippen molar-refractivity contribution in [3.8, 4) is 0 Å². The summed E-state index contributed by atoms with van der Waals surface area (Å²) in [5.41, 5.74) is 0.391. The molecule has 3 rings (SSSR count). The number of alkyl halides is 1. The first-order chi connectivity index (χ1) is 9.99. The number of benzene rings is 1. The first-order valence-corrected chi connectivity index (χ1v) is 7.01. The Morgan fingerprint density at radius 2 is 2.14 bits per heavy atom. The average Bonchev–Trinajstić information content (AvgIpc) is 2.90. The van der Waals surface area contributed by atoms with Gasteiger partial charge in [0, 0.05) is 18.5 Å². The number of hydrogen-bond donors (Lipinski definition) is 1. The van der Waals surface area contributed by atoms with Crippen molar-refractivity contribution in [2.45, 2.75) is 24.9 Å². The van der Waals surface area contributed by atoms with E-state index in [9.17, 15) is 14.0 Å². The summed E-state index contributed by atoms with van der Waals surface area (Å²) >= 11 is 0. The molecule has 1 amide bonds.